The summed E-state index contributed by atoms with van der Waals surface area (Å²) in [6, 6.07) is 1.92. The summed E-state index contributed by atoms with van der Waals surface area (Å²) >= 11 is 0. The molecule has 0 fully saturated rings. The predicted molar refractivity (Wildman–Crippen MR) is 88.6 cm³/mol. The second kappa shape index (κ2) is 10.6. The number of nitrogens with zero attached hydrogens (tertiary/aromatic N) is 3. The van der Waals surface area contributed by atoms with Crippen molar-refractivity contribution in [3.05, 3.63) is 17.5 Å². The standard InChI is InChI=1S/C17H31N3O/c1-4-5-6-7-8-9-10-11-12-15-13-16(14-21)19-17(18-15)20(2)3/h13,21H,4-12,14H2,1-3H3. The molecule has 0 saturated carbocycles. The zero-order chi connectivity index (χ0) is 15.5. The molecule has 1 aromatic rings. The molecule has 0 atom stereocenters. The van der Waals surface area contributed by atoms with Crippen LogP contribution in [0.4, 0.5) is 5.95 Å². The molecular weight excluding hydrogens is 262 g/mol. The quantitative estimate of drug-likeness (QED) is 0.632. The molecule has 1 rings (SSSR count). The molecule has 0 saturated heterocycles. The fourth-order valence-corrected chi connectivity index (χ4v) is 2.39. The van der Waals surface area contributed by atoms with Crippen molar-refractivity contribution in [3.8, 4) is 0 Å². The van der Waals surface area contributed by atoms with Crippen molar-refractivity contribution in [2.45, 2.75) is 71.3 Å². The van der Waals surface area contributed by atoms with E-state index in [4.69, 9.17) is 0 Å². The lowest BCUT2D eigenvalue weighted by atomic mass is 10.1. The van der Waals surface area contributed by atoms with Gasteiger partial charge in [0.15, 0.2) is 0 Å². The molecular formula is C17H31N3O. The second-order valence-corrected chi connectivity index (χ2v) is 5.93. The van der Waals surface area contributed by atoms with Crippen LogP contribution in [0.25, 0.3) is 0 Å². The molecule has 0 amide bonds. The molecule has 0 unspecified atom stereocenters. The first kappa shape index (κ1) is 17.9. The van der Waals surface area contributed by atoms with Crippen molar-refractivity contribution in [1.82, 2.24) is 9.97 Å². The number of aryl methyl sites for hydroxylation is 1. The van der Waals surface area contributed by atoms with Crippen LogP contribution in [0.1, 0.15) is 69.7 Å². The Bertz CT molecular complexity index is 394. The van der Waals surface area contributed by atoms with Gasteiger partial charge in [-0.15, -0.1) is 0 Å². The van der Waals surface area contributed by atoms with Crippen molar-refractivity contribution >= 4 is 5.95 Å². The van der Waals surface area contributed by atoms with Crippen molar-refractivity contribution in [2.75, 3.05) is 19.0 Å². The van der Waals surface area contributed by atoms with Crippen LogP contribution >= 0.6 is 0 Å². The Morgan fingerprint density at radius 3 is 2.05 bits per heavy atom. The van der Waals surface area contributed by atoms with Gasteiger partial charge in [-0.05, 0) is 18.9 Å². The molecule has 0 aromatic carbocycles. The average Bonchev–Trinajstić information content (AvgIpc) is 2.49. The summed E-state index contributed by atoms with van der Waals surface area (Å²) in [5.41, 5.74) is 1.76. The summed E-state index contributed by atoms with van der Waals surface area (Å²) in [7, 11) is 3.85. The number of aromatic nitrogens is 2. The number of rotatable bonds is 11. The molecule has 0 aliphatic heterocycles. The van der Waals surface area contributed by atoms with Gasteiger partial charge in [-0.2, -0.15) is 0 Å². The van der Waals surface area contributed by atoms with E-state index in [0.29, 0.717) is 11.6 Å². The maximum Gasteiger partial charge on any atom is 0.225 e. The lowest BCUT2D eigenvalue weighted by Gasteiger charge is -2.12. The van der Waals surface area contributed by atoms with E-state index in [1.165, 1.54) is 51.4 Å². The van der Waals surface area contributed by atoms with Gasteiger partial charge in [-0.25, -0.2) is 9.97 Å². The first-order chi connectivity index (χ1) is 10.2. The maximum atomic E-state index is 9.27. The highest BCUT2D eigenvalue weighted by molar-refractivity contribution is 5.30. The smallest absolute Gasteiger partial charge is 0.225 e. The van der Waals surface area contributed by atoms with Crippen LogP contribution in [-0.2, 0) is 13.0 Å². The Hall–Kier alpha value is -1.16. The lowest BCUT2D eigenvalue weighted by molar-refractivity contribution is 0.276. The normalized spacial score (nSPS) is 10.9. The van der Waals surface area contributed by atoms with E-state index in [2.05, 4.69) is 16.9 Å². The number of unbranched alkanes of at least 4 members (excludes halogenated alkanes) is 7. The van der Waals surface area contributed by atoms with Gasteiger partial charge in [0.25, 0.3) is 0 Å². The number of aliphatic hydroxyl groups is 1. The van der Waals surface area contributed by atoms with Crippen LogP contribution in [-0.4, -0.2) is 29.2 Å². The Morgan fingerprint density at radius 1 is 0.905 bits per heavy atom. The Balaban J connectivity index is 2.29. The van der Waals surface area contributed by atoms with E-state index in [1.807, 2.05) is 25.1 Å². The fourth-order valence-electron chi connectivity index (χ4n) is 2.39. The van der Waals surface area contributed by atoms with Crippen molar-refractivity contribution in [2.24, 2.45) is 0 Å². The van der Waals surface area contributed by atoms with E-state index in [-0.39, 0.29) is 6.61 Å². The van der Waals surface area contributed by atoms with E-state index >= 15 is 0 Å². The molecule has 0 spiro atoms. The first-order valence-corrected chi connectivity index (χ1v) is 8.32. The maximum absolute atomic E-state index is 9.27. The van der Waals surface area contributed by atoms with Gasteiger partial charge in [-0.3, -0.25) is 0 Å². The molecule has 0 aliphatic carbocycles. The molecule has 0 radical (unpaired) electrons. The van der Waals surface area contributed by atoms with Crippen LogP contribution in [0.2, 0.25) is 0 Å². The van der Waals surface area contributed by atoms with Crippen molar-refractivity contribution in [1.29, 1.82) is 0 Å². The minimum Gasteiger partial charge on any atom is -0.390 e. The Morgan fingerprint density at radius 2 is 1.48 bits per heavy atom. The third kappa shape index (κ3) is 7.42. The van der Waals surface area contributed by atoms with Crippen LogP contribution in [0.3, 0.4) is 0 Å². The summed E-state index contributed by atoms with van der Waals surface area (Å²) in [5, 5.41) is 9.27. The average molecular weight is 293 g/mol. The number of hydrogen-bond acceptors (Lipinski definition) is 4. The highest BCUT2D eigenvalue weighted by Crippen LogP contribution is 2.13. The highest BCUT2D eigenvalue weighted by Gasteiger charge is 2.05. The summed E-state index contributed by atoms with van der Waals surface area (Å²) < 4.78 is 0. The molecule has 1 N–H and O–H groups in total. The fraction of sp³-hybridized carbons (Fsp3) is 0.765. The predicted octanol–water partition coefficient (Wildman–Crippen LogP) is 3.72. The van der Waals surface area contributed by atoms with Gasteiger partial charge in [0.05, 0.1) is 12.3 Å². The minimum absolute atomic E-state index is 0.0201. The summed E-state index contributed by atoms with van der Waals surface area (Å²) in [4.78, 5) is 10.7. The lowest BCUT2D eigenvalue weighted by Crippen LogP contribution is -2.15. The van der Waals surface area contributed by atoms with Crippen LogP contribution in [0.5, 0.6) is 0 Å². The minimum atomic E-state index is -0.0201. The van der Waals surface area contributed by atoms with E-state index < -0.39 is 0 Å². The van der Waals surface area contributed by atoms with E-state index in [1.54, 1.807) is 0 Å². The Labute approximate surface area is 129 Å². The molecule has 0 bridgehead atoms. The van der Waals surface area contributed by atoms with Gasteiger partial charge >= 0.3 is 0 Å². The summed E-state index contributed by atoms with van der Waals surface area (Å²) in [5.74, 6) is 0.691. The summed E-state index contributed by atoms with van der Waals surface area (Å²) in [6.45, 7) is 2.23. The molecule has 120 valence electrons. The molecule has 21 heavy (non-hydrogen) atoms. The third-order valence-corrected chi connectivity index (χ3v) is 3.67. The second-order valence-electron chi connectivity index (χ2n) is 5.93. The highest BCUT2D eigenvalue weighted by atomic mass is 16.3. The zero-order valence-electron chi connectivity index (χ0n) is 13.9. The van der Waals surface area contributed by atoms with Gasteiger partial charge in [-0.1, -0.05) is 51.9 Å². The number of hydrogen-bond donors (Lipinski definition) is 1. The summed E-state index contributed by atoms with van der Waals surface area (Å²) in [6.07, 6.45) is 11.5. The molecule has 0 aliphatic rings. The van der Waals surface area contributed by atoms with Crippen molar-refractivity contribution in [3.63, 3.8) is 0 Å². The zero-order valence-corrected chi connectivity index (χ0v) is 13.9. The van der Waals surface area contributed by atoms with Crippen LogP contribution in [0.15, 0.2) is 6.07 Å². The third-order valence-electron chi connectivity index (χ3n) is 3.67. The topological polar surface area (TPSA) is 49.3 Å². The van der Waals surface area contributed by atoms with Gasteiger partial charge in [0.1, 0.15) is 0 Å². The monoisotopic (exact) mass is 293 g/mol. The van der Waals surface area contributed by atoms with Gasteiger partial charge < -0.3 is 10.0 Å². The largest absolute Gasteiger partial charge is 0.390 e. The molecule has 4 heteroatoms. The van der Waals surface area contributed by atoms with Crippen LogP contribution in [0, 0.1) is 0 Å². The Kier molecular flexibility index (Phi) is 8.99. The van der Waals surface area contributed by atoms with Gasteiger partial charge in [0, 0.05) is 19.8 Å². The van der Waals surface area contributed by atoms with E-state index in [9.17, 15) is 5.11 Å². The van der Waals surface area contributed by atoms with Crippen molar-refractivity contribution < 1.29 is 5.11 Å². The van der Waals surface area contributed by atoms with Crippen LogP contribution < -0.4 is 4.90 Å². The number of anilines is 1. The van der Waals surface area contributed by atoms with Gasteiger partial charge in [0.2, 0.25) is 5.95 Å². The number of aliphatic hydroxyl groups excluding tert-OH is 1. The molecule has 1 aromatic heterocycles. The molecule has 1 heterocycles. The van der Waals surface area contributed by atoms with E-state index in [0.717, 1.165) is 12.1 Å². The molecule has 4 nitrogen and oxygen atoms in total. The SMILES string of the molecule is CCCCCCCCCCc1cc(CO)nc(N(C)C)n1. The first-order valence-electron chi connectivity index (χ1n) is 8.32.